The fraction of sp³-hybridized carbons (Fsp3) is 0.545. The van der Waals surface area contributed by atoms with Crippen molar-refractivity contribution < 1.29 is 9.84 Å². The van der Waals surface area contributed by atoms with Crippen molar-refractivity contribution >= 4 is 17.1 Å². The highest BCUT2D eigenvalue weighted by atomic mass is 16.5. The van der Waals surface area contributed by atoms with Gasteiger partial charge in [0.1, 0.15) is 17.1 Å². The lowest BCUT2D eigenvalue weighted by molar-refractivity contribution is 0.415. The van der Waals surface area contributed by atoms with Crippen LogP contribution < -0.4 is 10.3 Å². The van der Waals surface area contributed by atoms with Crippen LogP contribution in [0, 0.1) is 0 Å². The molecule has 1 heterocycles. The summed E-state index contributed by atoms with van der Waals surface area (Å²) in [6.45, 7) is 2.77. The first kappa shape index (κ1) is 19.5. The van der Waals surface area contributed by atoms with Crippen molar-refractivity contribution in [3.63, 3.8) is 0 Å². The normalized spacial score (nSPS) is 15.6. The number of rotatable bonds is 7. The molecule has 3 rings (SSSR count). The molecule has 146 valence electrons. The van der Waals surface area contributed by atoms with Crippen molar-refractivity contribution in [3.8, 4) is 11.5 Å². The van der Waals surface area contributed by atoms with Gasteiger partial charge in [-0.05, 0) is 31.4 Å². The molecule has 0 radical (unpaired) electrons. The highest BCUT2D eigenvalue weighted by Gasteiger charge is 2.17. The van der Waals surface area contributed by atoms with Gasteiger partial charge in [0.2, 0.25) is 0 Å². The Labute approximate surface area is 160 Å². The first-order valence-electron chi connectivity index (χ1n) is 10.1. The molecule has 5 heteroatoms. The van der Waals surface area contributed by atoms with E-state index in [1.54, 1.807) is 17.9 Å². The molecule has 1 aromatic carbocycles. The minimum absolute atomic E-state index is 0.0176. The molecule has 0 atom stereocenters. The average Bonchev–Trinajstić information content (AvgIpc) is 2.70. The van der Waals surface area contributed by atoms with Gasteiger partial charge in [0.05, 0.1) is 12.6 Å². The molecule has 27 heavy (non-hydrogen) atoms. The Bertz CT molecular complexity index is 864. The molecule has 1 aliphatic rings. The number of aromatic nitrogens is 1. The molecule has 1 aliphatic carbocycles. The van der Waals surface area contributed by atoms with Crippen LogP contribution in [0.3, 0.4) is 0 Å². The summed E-state index contributed by atoms with van der Waals surface area (Å²) < 4.78 is 7.08. The van der Waals surface area contributed by atoms with Crippen LogP contribution >= 0.6 is 0 Å². The monoisotopic (exact) mass is 370 g/mol. The number of benzene rings is 1. The van der Waals surface area contributed by atoms with Gasteiger partial charge >= 0.3 is 0 Å². The number of aromatic hydroxyl groups is 1. The molecule has 1 N–H and O–H groups in total. The van der Waals surface area contributed by atoms with Gasteiger partial charge in [-0.25, -0.2) is 0 Å². The molecule has 2 aromatic rings. The molecular formula is C22H30N2O3. The lowest BCUT2D eigenvalue weighted by Gasteiger charge is -2.18. The van der Waals surface area contributed by atoms with E-state index < -0.39 is 0 Å². The van der Waals surface area contributed by atoms with Crippen LogP contribution in [-0.4, -0.2) is 29.0 Å². The van der Waals surface area contributed by atoms with Gasteiger partial charge in [0, 0.05) is 30.3 Å². The Morgan fingerprint density at radius 3 is 2.74 bits per heavy atom. The van der Waals surface area contributed by atoms with Crippen LogP contribution in [0.5, 0.6) is 11.5 Å². The number of aryl methyl sites for hydroxylation is 1. The number of unbranched alkanes of at least 4 members (excludes halogenated alkanes) is 2. The van der Waals surface area contributed by atoms with E-state index in [0.717, 1.165) is 32.1 Å². The quantitative estimate of drug-likeness (QED) is 0.569. The van der Waals surface area contributed by atoms with E-state index in [-0.39, 0.29) is 17.4 Å². The maximum Gasteiger partial charge on any atom is 0.263 e. The van der Waals surface area contributed by atoms with E-state index in [4.69, 9.17) is 4.74 Å². The highest BCUT2D eigenvalue weighted by molar-refractivity contribution is 5.95. The summed E-state index contributed by atoms with van der Waals surface area (Å²) in [4.78, 5) is 17.8. The average molecular weight is 370 g/mol. The SMILES string of the molecule is CCCCCn1c(=O)c(C=NC2CCCCC2)c(O)c2ccc(OC)cc21. The Morgan fingerprint density at radius 1 is 1.26 bits per heavy atom. The molecule has 5 nitrogen and oxygen atoms in total. The number of methoxy groups -OCH3 is 1. The zero-order valence-corrected chi connectivity index (χ0v) is 16.4. The number of hydrogen-bond acceptors (Lipinski definition) is 4. The summed E-state index contributed by atoms with van der Waals surface area (Å²) in [6, 6.07) is 5.71. The van der Waals surface area contributed by atoms with Gasteiger partial charge in [-0.1, -0.05) is 39.0 Å². The summed E-state index contributed by atoms with van der Waals surface area (Å²) in [5.74, 6) is 0.693. The molecule has 0 unspecified atom stereocenters. The molecule has 1 aromatic heterocycles. The maximum absolute atomic E-state index is 13.1. The lowest BCUT2D eigenvalue weighted by Crippen LogP contribution is -2.25. The van der Waals surface area contributed by atoms with E-state index in [1.165, 1.54) is 19.3 Å². The largest absolute Gasteiger partial charge is 0.506 e. The first-order valence-corrected chi connectivity index (χ1v) is 10.1. The zero-order chi connectivity index (χ0) is 19.2. The third-order valence-electron chi connectivity index (χ3n) is 5.46. The van der Waals surface area contributed by atoms with Crippen LogP contribution in [0.15, 0.2) is 28.0 Å². The smallest absolute Gasteiger partial charge is 0.263 e. The fourth-order valence-electron chi connectivity index (χ4n) is 3.83. The van der Waals surface area contributed by atoms with Crippen LogP contribution in [0.25, 0.3) is 10.9 Å². The number of hydrogen-bond donors (Lipinski definition) is 1. The van der Waals surface area contributed by atoms with Crippen molar-refractivity contribution in [1.82, 2.24) is 4.57 Å². The molecule has 0 amide bonds. The van der Waals surface area contributed by atoms with E-state index in [0.29, 0.717) is 28.8 Å². The first-order chi connectivity index (χ1) is 13.2. The van der Waals surface area contributed by atoms with Gasteiger partial charge in [-0.2, -0.15) is 0 Å². The van der Waals surface area contributed by atoms with Crippen molar-refractivity contribution in [2.24, 2.45) is 4.99 Å². The van der Waals surface area contributed by atoms with Crippen LogP contribution in [0.1, 0.15) is 63.9 Å². The van der Waals surface area contributed by atoms with Gasteiger partial charge in [0.25, 0.3) is 5.56 Å². The number of pyridine rings is 1. The van der Waals surface area contributed by atoms with E-state index in [1.807, 2.05) is 18.2 Å². The predicted octanol–water partition coefficient (Wildman–Crippen LogP) is 4.66. The van der Waals surface area contributed by atoms with Gasteiger partial charge < -0.3 is 14.4 Å². The van der Waals surface area contributed by atoms with Crippen LogP contribution in [0.4, 0.5) is 0 Å². The van der Waals surface area contributed by atoms with Crippen LogP contribution in [0.2, 0.25) is 0 Å². The highest BCUT2D eigenvalue weighted by Crippen LogP contribution is 2.29. The number of fused-ring (bicyclic) bond motifs is 1. The minimum Gasteiger partial charge on any atom is -0.506 e. The molecule has 0 spiro atoms. The van der Waals surface area contributed by atoms with E-state index in [2.05, 4.69) is 11.9 Å². The number of nitrogens with zero attached hydrogens (tertiary/aromatic N) is 2. The van der Waals surface area contributed by atoms with Crippen molar-refractivity contribution in [3.05, 3.63) is 34.1 Å². The molecule has 0 aliphatic heterocycles. The van der Waals surface area contributed by atoms with Crippen molar-refractivity contribution in [2.45, 2.75) is 70.9 Å². The molecule has 0 saturated heterocycles. The standard InChI is InChI=1S/C22H30N2O3/c1-3-4-8-13-24-20-14-17(27-2)11-12-18(20)21(25)19(22(24)26)15-23-16-9-6-5-7-10-16/h11-12,14-16,25H,3-10,13H2,1-2H3. The predicted molar refractivity (Wildman–Crippen MR) is 110 cm³/mol. The van der Waals surface area contributed by atoms with E-state index in [9.17, 15) is 9.90 Å². The van der Waals surface area contributed by atoms with Crippen LogP contribution in [-0.2, 0) is 6.54 Å². The maximum atomic E-state index is 13.1. The summed E-state index contributed by atoms with van der Waals surface area (Å²) in [5, 5.41) is 11.4. The fourth-order valence-corrected chi connectivity index (χ4v) is 3.83. The molecule has 1 fully saturated rings. The Kier molecular flexibility index (Phi) is 6.54. The van der Waals surface area contributed by atoms with E-state index >= 15 is 0 Å². The summed E-state index contributed by atoms with van der Waals surface area (Å²) in [6.07, 6.45) is 10.4. The van der Waals surface area contributed by atoms with Gasteiger partial charge in [-0.3, -0.25) is 9.79 Å². The zero-order valence-electron chi connectivity index (χ0n) is 16.4. The summed E-state index contributed by atoms with van der Waals surface area (Å²) in [7, 11) is 1.60. The van der Waals surface area contributed by atoms with Gasteiger partial charge in [0.15, 0.2) is 0 Å². The topological polar surface area (TPSA) is 63.8 Å². The van der Waals surface area contributed by atoms with Crippen molar-refractivity contribution in [1.29, 1.82) is 0 Å². The van der Waals surface area contributed by atoms with Gasteiger partial charge in [-0.15, -0.1) is 0 Å². The summed E-state index contributed by atoms with van der Waals surface area (Å²) in [5.41, 5.74) is 0.835. The molecule has 1 saturated carbocycles. The third kappa shape index (κ3) is 4.34. The Morgan fingerprint density at radius 2 is 2.04 bits per heavy atom. The third-order valence-corrected chi connectivity index (χ3v) is 5.46. The summed E-state index contributed by atoms with van der Waals surface area (Å²) >= 11 is 0. The minimum atomic E-state index is -0.177. The molecule has 0 bridgehead atoms. The molecular weight excluding hydrogens is 340 g/mol. The second-order valence-corrected chi connectivity index (χ2v) is 7.38. The second-order valence-electron chi connectivity index (χ2n) is 7.38. The second kappa shape index (κ2) is 9.07. The Balaban J connectivity index is 2.07. The van der Waals surface area contributed by atoms with Crippen molar-refractivity contribution in [2.75, 3.05) is 7.11 Å². The Hall–Kier alpha value is -2.30. The number of ether oxygens (including phenoxy) is 1. The number of aliphatic imine (C=N–C) groups is 1. The lowest BCUT2D eigenvalue weighted by atomic mass is 9.96.